The SMILES string of the molecule is COC(=O)c1ccccc1NC(=O)N1CCN(c2cccc(Cl)c2C)CC1. The lowest BCUT2D eigenvalue weighted by atomic mass is 10.1. The molecule has 2 aromatic rings. The Morgan fingerprint density at radius 2 is 1.74 bits per heavy atom. The standard InChI is InChI=1S/C20H22ClN3O3/c1-14-16(21)7-5-9-18(14)23-10-12-24(13-11-23)20(26)22-17-8-4-3-6-15(17)19(25)27-2/h3-9H,10-13H2,1-2H3,(H,22,26). The third kappa shape index (κ3) is 4.17. The van der Waals surface area contributed by atoms with Crippen molar-refractivity contribution in [2.75, 3.05) is 43.5 Å². The highest BCUT2D eigenvalue weighted by Gasteiger charge is 2.23. The second-order valence-corrected chi connectivity index (χ2v) is 6.73. The van der Waals surface area contributed by atoms with E-state index in [1.807, 2.05) is 25.1 Å². The van der Waals surface area contributed by atoms with Crippen molar-refractivity contribution in [1.29, 1.82) is 0 Å². The maximum atomic E-state index is 12.6. The molecule has 0 aromatic heterocycles. The van der Waals surface area contributed by atoms with Gasteiger partial charge in [0.05, 0.1) is 18.4 Å². The van der Waals surface area contributed by atoms with Crippen LogP contribution in [0.25, 0.3) is 0 Å². The molecule has 1 heterocycles. The normalized spacial score (nSPS) is 14.0. The molecule has 0 radical (unpaired) electrons. The number of para-hydroxylation sites is 1. The first-order valence-corrected chi connectivity index (χ1v) is 9.12. The minimum absolute atomic E-state index is 0.228. The minimum atomic E-state index is -0.479. The number of nitrogens with zero attached hydrogens (tertiary/aromatic N) is 2. The van der Waals surface area contributed by atoms with Crippen LogP contribution in [-0.4, -0.2) is 50.2 Å². The van der Waals surface area contributed by atoms with Gasteiger partial charge in [0.2, 0.25) is 0 Å². The van der Waals surface area contributed by atoms with E-state index in [0.717, 1.165) is 16.3 Å². The predicted octanol–water partition coefficient (Wildman–Crippen LogP) is 3.79. The Hall–Kier alpha value is -2.73. The number of amides is 2. The van der Waals surface area contributed by atoms with E-state index in [9.17, 15) is 9.59 Å². The van der Waals surface area contributed by atoms with E-state index in [1.165, 1.54) is 7.11 Å². The summed E-state index contributed by atoms with van der Waals surface area (Å²) in [4.78, 5) is 28.4. The number of hydrogen-bond donors (Lipinski definition) is 1. The van der Waals surface area contributed by atoms with Gasteiger partial charge >= 0.3 is 12.0 Å². The summed E-state index contributed by atoms with van der Waals surface area (Å²) in [5.41, 5.74) is 2.92. The van der Waals surface area contributed by atoms with Gasteiger partial charge in [-0.05, 0) is 36.8 Å². The molecule has 0 aliphatic carbocycles. The van der Waals surface area contributed by atoms with Gasteiger partial charge in [0.1, 0.15) is 0 Å². The molecule has 1 aliphatic heterocycles. The van der Waals surface area contributed by atoms with Crippen molar-refractivity contribution in [3.05, 3.63) is 58.6 Å². The third-order valence-electron chi connectivity index (χ3n) is 4.72. The van der Waals surface area contributed by atoms with Gasteiger partial charge in [-0.1, -0.05) is 29.8 Å². The number of benzene rings is 2. The Morgan fingerprint density at radius 1 is 1.04 bits per heavy atom. The molecule has 0 saturated carbocycles. The van der Waals surface area contributed by atoms with Crippen LogP contribution in [0.2, 0.25) is 5.02 Å². The van der Waals surface area contributed by atoms with Gasteiger partial charge in [-0.2, -0.15) is 0 Å². The molecular formula is C20H22ClN3O3. The van der Waals surface area contributed by atoms with Gasteiger partial charge < -0.3 is 19.9 Å². The van der Waals surface area contributed by atoms with E-state index in [-0.39, 0.29) is 6.03 Å². The molecule has 0 atom stereocenters. The fourth-order valence-electron chi connectivity index (χ4n) is 3.16. The summed E-state index contributed by atoms with van der Waals surface area (Å²) in [6.45, 7) is 4.59. The number of rotatable bonds is 3. The van der Waals surface area contributed by atoms with Gasteiger partial charge in [-0.25, -0.2) is 9.59 Å². The number of piperazine rings is 1. The number of ether oxygens (including phenoxy) is 1. The Labute approximate surface area is 163 Å². The van der Waals surface area contributed by atoms with Gasteiger partial charge in [0.25, 0.3) is 0 Å². The van der Waals surface area contributed by atoms with Gasteiger partial charge in [-0.15, -0.1) is 0 Å². The monoisotopic (exact) mass is 387 g/mol. The maximum absolute atomic E-state index is 12.6. The van der Waals surface area contributed by atoms with Crippen molar-refractivity contribution in [3.63, 3.8) is 0 Å². The van der Waals surface area contributed by atoms with Crippen LogP contribution < -0.4 is 10.2 Å². The summed E-state index contributed by atoms with van der Waals surface area (Å²) in [6, 6.07) is 12.4. The number of carbonyl (C=O) groups is 2. The van der Waals surface area contributed by atoms with Crippen molar-refractivity contribution in [1.82, 2.24) is 4.90 Å². The molecular weight excluding hydrogens is 366 g/mol. The fraction of sp³-hybridized carbons (Fsp3) is 0.300. The van der Waals surface area contributed by atoms with Gasteiger partial charge in [0, 0.05) is 36.9 Å². The Bertz CT molecular complexity index is 848. The highest BCUT2D eigenvalue weighted by atomic mass is 35.5. The van der Waals surface area contributed by atoms with E-state index in [4.69, 9.17) is 16.3 Å². The van der Waals surface area contributed by atoms with Crippen molar-refractivity contribution in [2.24, 2.45) is 0 Å². The molecule has 1 saturated heterocycles. The zero-order valence-electron chi connectivity index (χ0n) is 15.4. The molecule has 1 aliphatic rings. The summed E-state index contributed by atoms with van der Waals surface area (Å²) >= 11 is 6.22. The average molecular weight is 388 g/mol. The van der Waals surface area contributed by atoms with E-state index >= 15 is 0 Å². The smallest absolute Gasteiger partial charge is 0.339 e. The summed E-state index contributed by atoms with van der Waals surface area (Å²) in [6.07, 6.45) is 0. The molecule has 0 unspecified atom stereocenters. The number of anilines is 2. The van der Waals surface area contributed by atoms with Crippen LogP contribution in [0, 0.1) is 6.92 Å². The van der Waals surface area contributed by atoms with Crippen LogP contribution in [0.15, 0.2) is 42.5 Å². The third-order valence-corrected chi connectivity index (χ3v) is 5.13. The van der Waals surface area contributed by atoms with Crippen molar-refractivity contribution in [2.45, 2.75) is 6.92 Å². The highest BCUT2D eigenvalue weighted by molar-refractivity contribution is 6.31. The number of methoxy groups -OCH3 is 1. The van der Waals surface area contributed by atoms with E-state index in [1.54, 1.807) is 29.2 Å². The summed E-state index contributed by atoms with van der Waals surface area (Å²) in [5, 5.41) is 3.56. The molecule has 2 amide bonds. The van der Waals surface area contributed by atoms with Crippen LogP contribution in [-0.2, 0) is 4.74 Å². The lowest BCUT2D eigenvalue weighted by Gasteiger charge is -2.37. The van der Waals surface area contributed by atoms with Crippen LogP contribution >= 0.6 is 11.6 Å². The van der Waals surface area contributed by atoms with E-state index in [0.29, 0.717) is 37.4 Å². The predicted molar refractivity (Wildman–Crippen MR) is 107 cm³/mol. The first kappa shape index (κ1) is 19.0. The lowest BCUT2D eigenvalue weighted by Crippen LogP contribution is -2.50. The first-order chi connectivity index (χ1) is 13.0. The summed E-state index contributed by atoms with van der Waals surface area (Å²) in [7, 11) is 1.32. The number of esters is 1. The van der Waals surface area contributed by atoms with Crippen LogP contribution in [0.5, 0.6) is 0 Å². The largest absolute Gasteiger partial charge is 0.465 e. The molecule has 0 spiro atoms. The van der Waals surface area contributed by atoms with Crippen molar-refractivity contribution < 1.29 is 14.3 Å². The minimum Gasteiger partial charge on any atom is -0.465 e. The molecule has 1 N–H and O–H groups in total. The van der Waals surface area contributed by atoms with Crippen LogP contribution in [0.1, 0.15) is 15.9 Å². The molecule has 7 heteroatoms. The molecule has 6 nitrogen and oxygen atoms in total. The number of carbonyl (C=O) groups excluding carboxylic acids is 2. The molecule has 2 aromatic carbocycles. The van der Waals surface area contributed by atoms with Gasteiger partial charge in [-0.3, -0.25) is 0 Å². The summed E-state index contributed by atoms with van der Waals surface area (Å²) < 4.78 is 4.77. The van der Waals surface area contributed by atoms with E-state index in [2.05, 4.69) is 10.2 Å². The second kappa shape index (κ2) is 8.31. The topological polar surface area (TPSA) is 61.9 Å². The lowest BCUT2D eigenvalue weighted by molar-refractivity contribution is 0.0602. The highest BCUT2D eigenvalue weighted by Crippen LogP contribution is 2.27. The van der Waals surface area contributed by atoms with Gasteiger partial charge in [0.15, 0.2) is 0 Å². The average Bonchev–Trinajstić information content (AvgIpc) is 2.70. The van der Waals surface area contributed by atoms with Crippen LogP contribution in [0.3, 0.4) is 0 Å². The molecule has 3 rings (SSSR count). The Morgan fingerprint density at radius 3 is 2.44 bits per heavy atom. The Balaban J connectivity index is 1.64. The number of urea groups is 1. The number of nitrogens with one attached hydrogen (secondary N) is 1. The zero-order chi connectivity index (χ0) is 19.4. The fourth-order valence-corrected chi connectivity index (χ4v) is 3.33. The van der Waals surface area contributed by atoms with E-state index < -0.39 is 5.97 Å². The molecule has 1 fully saturated rings. The van der Waals surface area contributed by atoms with Crippen molar-refractivity contribution >= 4 is 35.0 Å². The molecule has 0 bridgehead atoms. The Kier molecular flexibility index (Phi) is 5.86. The number of halogens is 1. The maximum Gasteiger partial charge on any atom is 0.339 e. The molecule has 27 heavy (non-hydrogen) atoms. The summed E-state index contributed by atoms with van der Waals surface area (Å²) in [5.74, 6) is -0.479. The quantitative estimate of drug-likeness (QED) is 0.814. The second-order valence-electron chi connectivity index (χ2n) is 6.33. The van der Waals surface area contributed by atoms with Crippen LogP contribution in [0.4, 0.5) is 16.2 Å². The first-order valence-electron chi connectivity index (χ1n) is 8.74. The zero-order valence-corrected chi connectivity index (χ0v) is 16.1. The number of hydrogen-bond acceptors (Lipinski definition) is 4. The van der Waals surface area contributed by atoms with Crippen molar-refractivity contribution in [3.8, 4) is 0 Å². The molecule has 142 valence electrons.